The van der Waals surface area contributed by atoms with Crippen molar-refractivity contribution in [1.82, 2.24) is 9.97 Å². The first-order valence-corrected chi connectivity index (χ1v) is 12.0. The number of nitrogens with zero attached hydrogens (tertiary/aromatic N) is 3. The van der Waals surface area contributed by atoms with Gasteiger partial charge in [0.05, 0.1) is 5.39 Å². The Hall–Kier alpha value is -3.25. The molecule has 0 spiro atoms. The van der Waals surface area contributed by atoms with Gasteiger partial charge in [0.15, 0.2) is 0 Å². The Morgan fingerprint density at radius 3 is 2.78 bits per heavy atom. The lowest BCUT2D eigenvalue weighted by Crippen LogP contribution is -2.35. The van der Waals surface area contributed by atoms with Crippen LogP contribution in [0.4, 0.5) is 11.5 Å². The number of thiophene rings is 1. The molecule has 0 fully saturated rings. The third-order valence-electron chi connectivity index (χ3n) is 6.00. The third-order valence-corrected chi connectivity index (χ3v) is 7.01. The minimum Gasteiger partial charge on any atom is -0.369 e. The Bertz CT molecular complexity index is 1250. The minimum atomic E-state index is 0.197. The van der Waals surface area contributed by atoms with Crippen molar-refractivity contribution in [2.45, 2.75) is 32.6 Å². The highest BCUT2D eigenvalue weighted by molar-refractivity contribution is 7.19. The molecule has 0 radical (unpaired) electrons. The van der Waals surface area contributed by atoms with Gasteiger partial charge in [0.25, 0.3) is 0 Å². The van der Waals surface area contributed by atoms with E-state index >= 15 is 0 Å². The minimum absolute atomic E-state index is 0.197. The van der Waals surface area contributed by atoms with Crippen LogP contribution in [0.3, 0.4) is 0 Å². The lowest BCUT2D eigenvalue weighted by Gasteiger charge is -2.29. The lowest BCUT2D eigenvalue weighted by atomic mass is 10.0. The summed E-state index contributed by atoms with van der Waals surface area (Å²) in [6.45, 7) is 3.63. The second-order valence-electron chi connectivity index (χ2n) is 8.11. The number of aryl methyl sites for hydroxylation is 2. The Morgan fingerprint density at radius 2 is 1.91 bits per heavy atom. The highest BCUT2D eigenvalue weighted by atomic mass is 32.1. The van der Waals surface area contributed by atoms with E-state index < -0.39 is 0 Å². The standard InChI is InChI=1S/C26H26N4OS/c1-18-23(20-10-3-2-4-11-20)24-25(28-17-29-26(24)32-18)27-15-7-14-22(31)30-16-8-12-19-9-5-6-13-21(19)30/h2-6,9-11,13,17H,7-8,12,14-16H2,1H3,(H,27,28,29). The van der Waals surface area contributed by atoms with Crippen molar-refractivity contribution in [2.24, 2.45) is 0 Å². The number of amides is 1. The van der Waals surface area contributed by atoms with E-state index in [9.17, 15) is 4.79 Å². The molecule has 4 aromatic rings. The van der Waals surface area contributed by atoms with Gasteiger partial charge >= 0.3 is 0 Å². The number of rotatable bonds is 6. The molecule has 3 heterocycles. The number of nitrogens with one attached hydrogen (secondary N) is 1. The molecule has 5 rings (SSSR count). The molecular weight excluding hydrogens is 416 g/mol. The van der Waals surface area contributed by atoms with Gasteiger partial charge in [0.1, 0.15) is 17.0 Å². The number of aromatic nitrogens is 2. The van der Waals surface area contributed by atoms with Crippen molar-refractivity contribution >= 4 is 39.0 Å². The highest BCUT2D eigenvalue weighted by Crippen LogP contribution is 2.40. The first-order valence-electron chi connectivity index (χ1n) is 11.1. The maximum absolute atomic E-state index is 12.9. The van der Waals surface area contributed by atoms with Crippen LogP contribution in [0.25, 0.3) is 21.3 Å². The van der Waals surface area contributed by atoms with Crippen LogP contribution in [-0.4, -0.2) is 29.0 Å². The molecule has 1 amide bonds. The van der Waals surface area contributed by atoms with Crippen LogP contribution in [0.15, 0.2) is 60.9 Å². The van der Waals surface area contributed by atoms with Gasteiger partial charge in [-0.05, 0) is 43.4 Å². The van der Waals surface area contributed by atoms with Crippen LogP contribution in [-0.2, 0) is 11.2 Å². The summed E-state index contributed by atoms with van der Waals surface area (Å²) in [7, 11) is 0. The van der Waals surface area contributed by atoms with Crippen LogP contribution in [0, 0.1) is 6.92 Å². The molecule has 6 heteroatoms. The number of carbonyl (C=O) groups is 1. The van der Waals surface area contributed by atoms with Gasteiger partial charge in [0, 0.05) is 35.6 Å². The maximum atomic E-state index is 12.9. The fourth-order valence-electron chi connectivity index (χ4n) is 4.50. The van der Waals surface area contributed by atoms with E-state index in [4.69, 9.17) is 0 Å². The second-order valence-corrected chi connectivity index (χ2v) is 9.31. The summed E-state index contributed by atoms with van der Waals surface area (Å²) in [6, 6.07) is 18.6. The number of fused-ring (bicyclic) bond motifs is 2. The molecule has 0 aliphatic carbocycles. The Balaban J connectivity index is 1.28. The number of hydrogen-bond acceptors (Lipinski definition) is 5. The Kier molecular flexibility index (Phi) is 5.86. The average Bonchev–Trinajstić information content (AvgIpc) is 3.18. The first kappa shape index (κ1) is 20.6. The van der Waals surface area contributed by atoms with Gasteiger partial charge in [-0.25, -0.2) is 9.97 Å². The molecule has 1 N–H and O–H groups in total. The average molecular weight is 443 g/mol. The Morgan fingerprint density at radius 1 is 1.09 bits per heavy atom. The number of benzene rings is 2. The summed E-state index contributed by atoms with van der Waals surface area (Å²) in [5.41, 5.74) is 4.72. The molecule has 0 saturated carbocycles. The topological polar surface area (TPSA) is 58.1 Å². The van der Waals surface area contributed by atoms with Crippen LogP contribution in [0.2, 0.25) is 0 Å². The van der Waals surface area contributed by atoms with E-state index in [1.54, 1.807) is 17.7 Å². The number of anilines is 2. The molecule has 0 saturated heterocycles. The van der Waals surface area contributed by atoms with E-state index in [-0.39, 0.29) is 5.91 Å². The van der Waals surface area contributed by atoms with Crippen molar-refractivity contribution in [2.75, 3.05) is 23.3 Å². The van der Waals surface area contributed by atoms with Gasteiger partial charge in [-0.3, -0.25) is 4.79 Å². The van der Waals surface area contributed by atoms with E-state index in [1.807, 2.05) is 17.0 Å². The van der Waals surface area contributed by atoms with Crippen LogP contribution in [0.5, 0.6) is 0 Å². The number of para-hydroxylation sites is 1. The monoisotopic (exact) mass is 442 g/mol. The Labute approximate surface area is 192 Å². The maximum Gasteiger partial charge on any atom is 0.227 e. The first-order chi connectivity index (χ1) is 15.7. The molecule has 2 aromatic heterocycles. The molecule has 32 heavy (non-hydrogen) atoms. The molecule has 2 aromatic carbocycles. The molecule has 0 atom stereocenters. The van der Waals surface area contributed by atoms with Crippen molar-refractivity contribution < 1.29 is 4.79 Å². The lowest BCUT2D eigenvalue weighted by molar-refractivity contribution is -0.118. The van der Waals surface area contributed by atoms with Crippen LogP contribution in [0.1, 0.15) is 29.7 Å². The van der Waals surface area contributed by atoms with Crippen molar-refractivity contribution in [3.05, 3.63) is 71.4 Å². The zero-order valence-corrected chi connectivity index (χ0v) is 19.0. The molecule has 1 aliphatic rings. The molecule has 0 bridgehead atoms. The van der Waals surface area contributed by atoms with Gasteiger partial charge in [-0.1, -0.05) is 48.5 Å². The van der Waals surface area contributed by atoms with E-state index in [0.717, 1.165) is 47.5 Å². The fraction of sp³-hybridized carbons (Fsp3) is 0.269. The van der Waals surface area contributed by atoms with Crippen molar-refractivity contribution in [3.63, 3.8) is 0 Å². The normalized spacial score (nSPS) is 13.2. The smallest absolute Gasteiger partial charge is 0.227 e. The second kappa shape index (κ2) is 9.09. The van der Waals surface area contributed by atoms with E-state index in [1.165, 1.54) is 21.6 Å². The molecule has 1 aliphatic heterocycles. The summed E-state index contributed by atoms with van der Waals surface area (Å²) in [6.07, 6.45) is 4.97. The van der Waals surface area contributed by atoms with Crippen LogP contribution >= 0.6 is 11.3 Å². The van der Waals surface area contributed by atoms with Crippen LogP contribution < -0.4 is 10.2 Å². The zero-order chi connectivity index (χ0) is 21.9. The summed E-state index contributed by atoms with van der Waals surface area (Å²) in [5, 5.41) is 4.54. The largest absolute Gasteiger partial charge is 0.369 e. The van der Waals surface area contributed by atoms with Gasteiger partial charge < -0.3 is 10.2 Å². The van der Waals surface area contributed by atoms with E-state index in [0.29, 0.717) is 13.0 Å². The summed E-state index contributed by atoms with van der Waals surface area (Å²) < 4.78 is 0. The fourth-order valence-corrected chi connectivity index (χ4v) is 5.52. The molecule has 0 unspecified atom stereocenters. The van der Waals surface area contributed by atoms with Gasteiger partial charge in [0.2, 0.25) is 5.91 Å². The predicted octanol–water partition coefficient (Wildman–Crippen LogP) is 5.84. The van der Waals surface area contributed by atoms with Gasteiger partial charge in [-0.2, -0.15) is 0 Å². The van der Waals surface area contributed by atoms with Gasteiger partial charge in [-0.15, -0.1) is 11.3 Å². The van der Waals surface area contributed by atoms with Crippen molar-refractivity contribution in [3.8, 4) is 11.1 Å². The quantitative estimate of drug-likeness (QED) is 0.381. The molecular formula is C26H26N4OS. The molecule has 162 valence electrons. The predicted molar refractivity (Wildman–Crippen MR) is 132 cm³/mol. The summed E-state index contributed by atoms with van der Waals surface area (Å²) >= 11 is 1.69. The number of carbonyl (C=O) groups excluding carboxylic acids is 1. The summed E-state index contributed by atoms with van der Waals surface area (Å²) in [4.78, 5) is 26.1. The third kappa shape index (κ3) is 3.98. The zero-order valence-electron chi connectivity index (χ0n) is 18.2. The summed E-state index contributed by atoms with van der Waals surface area (Å²) in [5.74, 6) is 1.04. The van der Waals surface area contributed by atoms with E-state index in [2.05, 4.69) is 64.7 Å². The highest BCUT2D eigenvalue weighted by Gasteiger charge is 2.22. The van der Waals surface area contributed by atoms with Crippen molar-refractivity contribution in [1.29, 1.82) is 0 Å². The number of hydrogen-bond donors (Lipinski definition) is 1. The SMILES string of the molecule is Cc1sc2ncnc(NCCCC(=O)N3CCCc4ccccc43)c2c1-c1ccccc1. The molecule has 5 nitrogen and oxygen atoms in total.